The maximum absolute atomic E-state index is 5.78. The first-order chi connectivity index (χ1) is 10.1. The Balaban J connectivity index is 2.18. The van der Waals surface area contributed by atoms with Crippen molar-refractivity contribution in [1.29, 1.82) is 0 Å². The first kappa shape index (κ1) is 15.6. The molecule has 6 nitrogen and oxygen atoms in total. The van der Waals surface area contributed by atoms with E-state index in [4.69, 9.17) is 9.47 Å². The summed E-state index contributed by atoms with van der Waals surface area (Å²) in [5.74, 6) is 1.49. The molecule has 1 N–H and O–H groups in total. The molecule has 2 rings (SSSR count). The fourth-order valence-corrected chi connectivity index (χ4v) is 2.25. The Morgan fingerprint density at radius 2 is 1.95 bits per heavy atom. The molecule has 21 heavy (non-hydrogen) atoms. The van der Waals surface area contributed by atoms with Crippen LogP contribution < -0.4 is 14.9 Å². The molecule has 0 aliphatic rings. The highest BCUT2D eigenvalue weighted by Gasteiger charge is 2.12. The lowest BCUT2D eigenvalue weighted by atomic mass is 10.2. The molecule has 0 amide bonds. The summed E-state index contributed by atoms with van der Waals surface area (Å²) in [6, 6.07) is 3.91. The van der Waals surface area contributed by atoms with Gasteiger partial charge in [0, 0.05) is 4.47 Å². The number of nitrogens with one attached hydrogen (secondary N) is 1. The summed E-state index contributed by atoms with van der Waals surface area (Å²) in [6.07, 6.45) is 3.30. The van der Waals surface area contributed by atoms with Crippen molar-refractivity contribution in [3.05, 3.63) is 34.8 Å². The van der Waals surface area contributed by atoms with E-state index in [9.17, 15) is 0 Å². The van der Waals surface area contributed by atoms with Crippen LogP contribution in [0.1, 0.15) is 26.3 Å². The predicted octanol–water partition coefficient (Wildman–Crippen LogP) is 2.97. The van der Waals surface area contributed by atoms with Crippen molar-refractivity contribution < 1.29 is 9.47 Å². The van der Waals surface area contributed by atoms with Crippen molar-refractivity contribution in [1.82, 2.24) is 14.9 Å². The Hall–Kier alpha value is -1.76. The van der Waals surface area contributed by atoms with E-state index in [1.54, 1.807) is 17.3 Å². The number of ether oxygens (including phenoxy) is 2. The third-order valence-corrected chi connectivity index (χ3v) is 3.38. The van der Waals surface area contributed by atoms with E-state index < -0.39 is 0 Å². The van der Waals surface area contributed by atoms with Gasteiger partial charge in [-0.2, -0.15) is 0 Å². The smallest absolute Gasteiger partial charge is 0.162 e. The molecule has 114 valence electrons. The van der Waals surface area contributed by atoms with Crippen molar-refractivity contribution in [2.24, 2.45) is 0 Å². The molecule has 0 radical (unpaired) electrons. The second-order valence-electron chi connectivity index (χ2n) is 4.69. The van der Waals surface area contributed by atoms with Crippen LogP contribution in [0.2, 0.25) is 0 Å². The summed E-state index contributed by atoms with van der Waals surface area (Å²) in [5.41, 5.74) is 4.24. The molecule has 0 fully saturated rings. The molecule has 0 spiro atoms. The maximum atomic E-state index is 5.78. The van der Waals surface area contributed by atoms with Crippen LogP contribution in [-0.4, -0.2) is 27.6 Å². The van der Waals surface area contributed by atoms with Gasteiger partial charge in [0.15, 0.2) is 11.5 Å². The van der Waals surface area contributed by atoms with Crippen LogP contribution in [0, 0.1) is 0 Å². The van der Waals surface area contributed by atoms with Crippen LogP contribution >= 0.6 is 15.9 Å². The molecule has 1 heterocycles. The van der Waals surface area contributed by atoms with Crippen LogP contribution in [0.4, 0.5) is 0 Å². The maximum Gasteiger partial charge on any atom is 0.162 e. The molecule has 7 heteroatoms. The van der Waals surface area contributed by atoms with Gasteiger partial charge in [0.2, 0.25) is 0 Å². The SMILES string of the molecule is CCOc1cc(CNn2cnnc2)c(Br)cc1OC(C)C. The Morgan fingerprint density at radius 3 is 2.57 bits per heavy atom. The van der Waals surface area contributed by atoms with Gasteiger partial charge in [0.05, 0.1) is 19.3 Å². The van der Waals surface area contributed by atoms with Gasteiger partial charge in [-0.25, -0.2) is 4.68 Å². The van der Waals surface area contributed by atoms with E-state index in [1.165, 1.54) is 0 Å². The van der Waals surface area contributed by atoms with Gasteiger partial charge < -0.3 is 14.9 Å². The topological polar surface area (TPSA) is 61.2 Å². The van der Waals surface area contributed by atoms with E-state index >= 15 is 0 Å². The van der Waals surface area contributed by atoms with E-state index in [-0.39, 0.29) is 6.10 Å². The largest absolute Gasteiger partial charge is 0.490 e. The van der Waals surface area contributed by atoms with Crippen molar-refractivity contribution in [2.45, 2.75) is 33.4 Å². The Kier molecular flexibility index (Phi) is 5.44. The van der Waals surface area contributed by atoms with Crippen LogP contribution in [0.3, 0.4) is 0 Å². The molecule has 2 aromatic rings. The zero-order valence-corrected chi connectivity index (χ0v) is 13.9. The molecule has 0 atom stereocenters. The van der Waals surface area contributed by atoms with Gasteiger partial charge in [0.1, 0.15) is 12.7 Å². The third-order valence-electron chi connectivity index (χ3n) is 2.65. The van der Waals surface area contributed by atoms with Crippen molar-refractivity contribution >= 4 is 15.9 Å². The number of hydrogen-bond acceptors (Lipinski definition) is 5. The minimum atomic E-state index is 0.0945. The van der Waals surface area contributed by atoms with Crippen LogP contribution in [0.25, 0.3) is 0 Å². The lowest BCUT2D eigenvalue weighted by molar-refractivity contribution is 0.223. The number of rotatable bonds is 7. The fourth-order valence-electron chi connectivity index (χ4n) is 1.79. The highest BCUT2D eigenvalue weighted by Crippen LogP contribution is 2.34. The Labute approximate surface area is 132 Å². The first-order valence-electron chi connectivity index (χ1n) is 6.80. The predicted molar refractivity (Wildman–Crippen MR) is 84.2 cm³/mol. The molecular formula is C14H19BrN4O2. The van der Waals surface area contributed by atoms with E-state index in [1.807, 2.05) is 32.9 Å². The molecule has 0 unspecified atom stereocenters. The van der Waals surface area contributed by atoms with Crippen LogP contribution in [0.5, 0.6) is 11.5 Å². The van der Waals surface area contributed by atoms with Gasteiger partial charge in [-0.1, -0.05) is 15.9 Å². The second-order valence-corrected chi connectivity index (χ2v) is 5.55. The standard InChI is InChI=1S/C14H19BrN4O2/c1-4-20-13-5-11(7-18-19-8-16-17-9-19)12(15)6-14(13)21-10(2)3/h5-6,8-10,18H,4,7H2,1-3H3. The third kappa shape index (κ3) is 4.35. The van der Waals surface area contributed by atoms with Crippen molar-refractivity contribution in [3.8, 4) is 11.5 Å². The van der Waals surface area contributed by atoms with Gasteiger partial charge in [-0.05, 0) is 38.5 Å². The average Bonchev–Trinajstić information content (AvgIpc) is 2.93. The normalized spacial score (nSPS) is 10.7. The van der Waals surface area contributed by atoms with Gasteiger partial charge in [-0.3, -0.25) is 0 Å². The number of halogens is 1. The van der Waals surface area contributed by atoms with Gasteiger partial charge in [-0.15, -0.1) is 10.2 Å². The molecule has 0 aliphatic carbocycles. The number of aromatic nitrogens is 3. The van der Waals surface area contributed by atoms with Crippen molar-refractivity contribution in [3.63, 3.8) is 0 Å². The van der Waals surface area contributed by atoms with E-state index in [0.29, 0.717) is 13.2 Å². The Bertz CT molecular complexity index is 573. The molecule has 1 aromatic heterocycles. The molecule has 0 bridgehead atoms. The summed E-state index contributed by atoms with van der Waals surface area (Å²) in [7, 11) is 0. The zero-order chi connectivity index (χ0) is 15.2. The minimum Gasteiger partial charge on any atom is -0.490 e. The van der Waals surface area contributed by atoms with E-state index in [2.05, 4.69) is 31.6 Å². The molecule has 0 saturated heterocycles. The Morgan fingerprint density at radius 1 is 1.24 bits per heavy atom. The number of nitrogens with zero attached hydrogens (tertiary/aromatic N) is 3. The molecule has 1 aromatic carbocycles. The average molecular weight is 355 g/mol. The summed E-state index contributed by atoms with van der Waals surface area (Å²) in [4.78, 5) is 0. The summed E-state index contributed by atoms with van der Waals surface area (Å²) in [6.45, 7) is 7.14. The highest BCUT2D eigenvalue weighted by molar-refractivity contribution is 9.10. The van der Waals surface area contributed by atoms with Crippen LogP contribution in [-0.2, 0) is 6.54 Å². The van der Waals surface area contributed by atoms with Crippen molar-refractivity contribution in [2.75, 3.05) is 12.0 Å². The lowest BCUT2D eigenvalue weighted by Gasteiger charge is -2.17. The highest BCUT2D eigenvalue weighted by atomic mass is 79.9. The zero-order valence-electron chi connectivity index (χ0n) is 12.3. The minimum absolute atomic E-state index is 0.0945. The fraction of sp³-hybridized carbons (Fsp3) is 0.429. The molecule has 0 aliphatic heterocycles. The molecule has 0 saturated carbocycles. The van der Waals surface area contributed by atoms with E-state index in [0.717, 1.165) is 21.5 Å². The summed E-state index contributed by atoms with van der Waals surface area (Å²) in [5, 5.41) is 7.49. The first-order valence-corrected chi connectivity index (χ1v) is 7.59. The molecular weight excluding hydrogens is 336 g/mol. The summed E-state index contributed by atoms with van der Waals surface area (Å²) >= 11 is 3.57. The quantitative estimate of drug-likeness (QED) is 0.828. The van der Waals surface area contributed by atoms with Gasteiger partial charge in [0.25, 0.3) is 0 Å². The second kappa shape index (κ2) is 7.31. The lowest BCUT2D eigenvalue weighted by Crippen LogP contribution is -2.13. The summed E-state index contributed by atoms with van der Waals surface area (Å²) < 4.78 is 14.1. The van der Waals surface area contributed by atoms with Gasteiger partial charge >= 0.3 is 0 Å². The number of hydrogen-bond donors (Lipinski definition) is 1. The number of benzene rings is 1. The monoisotopic (exact) mass is 354 g/mol. The van der Waals surface area contributed by atoms with Crippen LogP contribution in [0.15, 0.2) is 29.3 Å².